The number of fused-ring (bicyclic) bond motifs is 1. The van der Waals surface area contributed by atoms with Crippen LogP contribution in [0.4, 0.5) is 6.01 Å². The zero-order valence-electron chi connectivity index (χ0n) is 16.6. The van der Waals surface area contributed by atoms with Gasteiger partial charge < -0.3 is 14.2 Å². The first-order chi connectivity index (χ1) is 13.8. The second-order valence-electron chi connectivity index (χ2n) is 8.17. The van der Waals surface area contributed by atoms with E-state index in [2.05, 4.69) is 57.0 Å². The molecule has 2 aliphatic rings. The average Bonchev–Trinajstić information content (AvgIpc) is 3.18. The molecule has 1 aromatic carbocycles. The molecule has 2 aromatic heterocycles. The molecule has 3 aromatic rings. The van der Waals surface area contributed by atoms with Gasteiger partial charge in [-0.2, -0.15) is 4.98 Å². The van der Waals surface area contributed by atoms with Crippen LogP contribution in [0.1, 0.15) is 37.7 Å². The third-order valence-electron chi connectivity index (χ3n) is 6.33. The van der Waals surface area contributed by atoms with Crippen LogP contribution in [0.5, 0.6) is 0 Å². The maximum Gasteiger partial charge on any atom is 0.299 e. The van der Waals surface area contributed by atoms with Crippen LogP contribution in [0, 0.1) is 6.92 Å². The fourth-order valence-electron chi connectivity index (χ4n) is 4.69. The molecule has 0 atom stereocenters. The van der Waals surface area contributed by atoms with Crippen LogP contribution in [0.2, 0.25) is 0 Å². The number of hydrogen-bond donors (Lipinski definition) is 0. The Bertz CT molecular complexity index is 952. The van der Waals surface area contributed by atoms with Crippen molar-refractivity contribution in [2.45, 2.75) is 45.1 Å². The topological polar surface area (TPSA) is 45.4 Å². The molecule has 0 saturated carbocycles. The van der Waals surface area contributed by atoms with Gasteiger partial charge in [0.05, 0.1) is 0 Å². The summed E-state index contributed by atoms with van der Waals surface area (Å²) in [7, 11) is 0. The quantitative estimate of drug-likeness (QED) is 0.666. The number of aromatic nitrogens is 2. The third-order valence-corrected chi connectivity index (χ3v) is 6.33. The normalized spacial score (nSPS) is 19.4. The molecule has 146 valence electrons. The summed E-state index contributed by atoms with van der Waals surface area (Å²) < 4.78 is 6.13. The first-order valence-electron chi connectivity index (χ1n) is 10.6. The molecule has 4 heterocycles. The van der Waals surface area contributed by atoms with Crippen molar-refractivity contribution in [3.05, 3.63) is 42.1 Å². The Hall–Kier alpha value is -2.40. The van der Waals surface area contributed by atoms with E-state index in [9.17, 15) is 0 Å². The Kier molecular flexibility index (Phi) is 4.77. The average molecular weight is 377 g/mol. The number of anilines is 1. The number of likely N-dealkylation sites (tertiary alicyclic amines) is 1. The van der Waals surface area contributed by atoms with E-state index in [-0.39, 0.29) is 0 Å². The van der Waals surface area contributed by atoms with Gasteiger partial charge in [0, 0.05) is 30.9 Å². The lowest BCUT2D eigenvalue weighted by atomic mass is 10.0. The van der Waals surface area contributed by atoms with Crippen LogP contribution < -0.4 is 4.90 Å². The van der Waals surface area contributed by atoms with Crippen molar-refractivity contribution in [3.63, 3.8) is 0 Å². The van der Waals surface area contributed by atoms with Gasteiger partial charge in [-0.05, 0) is 62.9 Å². The van der Waals surface area contributed by atoms with E-state index in [1.807, 2.05) is 6.20 Å². The minimum absolute atomic E-state index is 0.700. The molecule has 5 nitrogen and oxygen atoms in total. The third kappa shape index (κ3) is 3.39. The number of nitrogens with zero attached hydrogens (tertiary/aromatic N) is 4. The zero-order chi connectivity index (χ0) is 18.9. The SMILES string of the molecule is Cc1ccccc1-c1cnc2nc(N3CCC(N4CCCCC4)CC3)oc2c1. The molecule has 5 rings (SSSR count). The maximum absolute atomic E-state index is 6.13. The lowest BCUT2D eigenvalue weighted by Gasteiger charge is -2.39. The first kappa shape index (κ1) is 17.7. The van der Waals surface area contributed by atoms with Crippen molar-refractivity contribution in [1.29, 1.82) is 0 Å². The van der Waals surface area contributed by atoms with Crippen LogP contribution in [0.3, 0.4) is 0 Å². The predicted octanol–water partition coefficient (Wildman–Crippen LogP) is 4.65. The summed E-state index contributed by atoms with van der Waals surface area (Å²) in [6.07, 6.45) is 8.41. The van der Waals surface area contributed by atoms with Gasteiger partial charge in [-0.1, -0.05) is 30.7 Å². The minimum Gasteiger partial charge on any atom is -0.422 e. The van der Waals surface area contributed by atoms with Gasteiger partial charge in [0.2, 0.25) is 5.65 Å². The van der Waals surface area contributed by atoms with Gasteiger partial charge in [-0.15, -0.1) is 0 Å². The lowest BCUT2D eigenvalue weighted by Crippen LogP contribution is -2.46. The van der Waals surface area contributed by atoms with Gasteiger partial charge in [-0.25, -0.2) is 4.98 Å². The maximum atomic E-state index is 6.13. The lowest BCUT2D eigenvalue weighted by molar-refractivity contribution is 0.140. The number of benzene rings is 1. The van der Waals surface area contributed by atoms with E-state index < -0.39 is 0 Å². The number of aryl methyl sites for hydroxylation is 1. The number of piperidine rings is 2. The molecule has 5 heteroatoms. The van der Waals surface area contributed by atoms with Crippen molar-refractivity contribution >= 4 is 17.2 Å². The molecule has 0 unspecified atom stereocenters. The van der Waals surface area contributed by atoms with Crippen molar-refractivity contribution in [2.75, 3.05) is 31.1 Å². The summed E-state index contributed by atoms with van der Waals surface area (Å²) in [5, 5.41) is 0. The number of pyridine rings is 1. The first-order valence-corrected chi connectivity index (χ1v) is 10.6. The summed E-state index contributed by atoms with van der Waals surface area (Å²) in [5.74, 6) is 0. The zero-order valence-corrected chi connectivity index (χ0v) is 16.6. The van der Waals surface area contributed by atoms with E-state index in [0.717, 1.165) is 36.3 Å². The summed E-state index contributed by atoms with van der Waals surface area (Å²) in [6, 6.07) is 11.9. The summed E-state index contributed by atoms with van der Waals surface area (Å²) >= 11 is 0. The molecule has 0 radical (unpaired) electrons. The molecular formula is C23H28N4O. The van der Waals surface area contributed by atoms with Gasteiger partial charge >= 0.3 is 0 Å². The number of hydrogen-bond acceptors (Lipinski definition) is 5. The van der Waals surface area contributed by atoms with Crippen molar-refractivity contribution < 1.29 is 4.42 Å². The summed E-state index contributed by atoms with van der Waals surface area (Å²) in [4.78, 5) is 14.2. The highest BCUT2D eigenvalue weighted by Gasteiger charge is 2.27. The predicted molar refractivity (Wildman–Crippen MR) is 113 cm³/mol. The van der Waals surface area contributed by atoms with Gasteiger partial charge in [-0.3, -0.25) is 0 Å². The van der Waals surface area contributed by atoms with Crippen LogP contribution in [-0.4, -0.2) is 47.1 Å². The van der Waals surface area contributed by atoms with Crippen molar-refractivity contribution in [3.8, 4) is 11.1 Å². The Morgan fingerprint density at radius 2 is 1.79 bits per heavy atom. The van der Waals surface area contributed by atoms with E-state index in [1.54, 1.807) is 0 Å². The van der Waals surface area contributed by atoms with Crippen LogP contribution in [-0.2, 0) is 0 Å². The summed E-state index contributed by atoms with van der Waals surface area (Å²) in [5.41, 5.74) is 4.98. The Balaban J connectivity index is 1.32. The smallest absolute Gasteiger partial charge is 0.299 e. The molecule has 0 aliphatic carbocycles. The highest BCUT2D eigenvalue weighted by Crippen LogP contribution is 2.29. The van der Waals surface area contributed by atoms with Crippen molar-refractivity contribution in [1.82, 2.24) is 14.9 Å². The Morgan fingerprint density at radius 3 is 2.57 bits per heavy atom. The van der Waals surface area contributed by atoms with Gasteiger partial charge in [0.1, 0.15) is 0 Å². The molecule has 2 aliphatic heterocycles. The van der Waals surface area contributed by atoms with Gasteiger partial charge in [0.25, 0.3) is 6.01 Å². The Morgan fingerprint density at radius 1 is 1.00 bits per heavy atom. The van der Waals surface area contributed by atoms with Crippen LogP contribution in [0.25, 0.3) is 22.4 Å². The molecule has 28 heavy (non-hydrogen) atoms. The number of rotatable bonds is 3. The van der Waals surface area contributed by atoms with Gasteiger partial charge in [0.15, 0.2) is 5.58 Å². The van der Waals surface area contributed by atoms with Crippen molar-refractivity contribution in [2.24, 2.45) is 0 Å². The summed E-state index contributed by atoms with van der Waals surface area (Å²) in [6.45, 7) is 6.70. The molecule has 2 saturated heterocycles. The van der Waals surface area contributed by atoms with E-state index in [4.69, 9.17) is 4.42 Å². The molecule has 0 amide bonds. The molecule has 0 bridgehead atoms. The highest BCUT2D eigenvalue weighted by atomic mass is 16.4. The van der Waals surface area contributed by atoms with E-state index in [0.29, 0.717) is 5.65 Å². The highest BCUT2D eigenvalue weighted by molar-refractivity contribution is 5.78. The molecule has 0 spiro atoms. The fourth-order valence-corrected chi connectivity index (χ4v) is 4.69. The Labute approximate surface area is 166 Å². The van der Waals surface area contributed by atoms with E-state index >= 15 is 0 Å². The fraction of sp³-hybridized carbons (Fsp3) is 0.478. The number of oxazole rings is 1. The van der Waals surface area contributed by atoms with Crippen LogP contribution >= 0.6 is 0 Å². The second kappa shape index (κ2) is 7.55. The second-order valence-corrected chi connectivity index (χ2v) is 8.17. The van der Waals surface area contributed by atoms with E-state index in [1.165, 1.54) is 56.3 Å². The monoisotopic (exact) mass is 376 g/mol. The molecular weight excluding hydrogens is 348 g/mol. The van der Waals surface area contributed by atoms with Crippen LogP contribution in [0.15, 0.2) is 40.9 Å². The minimum atomic E-state index is 0.700. The standard InChI is InChI=1S/C23H28N4O/c1-17-7-3-4-8-20(17)18-15-21-22(24-16-18)25-23(28-21)27-13-9-19(10-14-27)26-11-5-2-6-12-26/h3-4,7-8,15-16,19H,2,5-6,9-14H2,1H3. The molecule has 0 N–H and O–H groups in total. The largest absolute Gasteiger partial charge is 0.422 e. The molecule has 2 fully saturated rings.